The van der Waals surface area contributed by atoms with Crippen molar-refractivity contribution in [3.63, 3.8) is 0 Å². The molecule has 0 spiro atoms. The quantitative estimate of drug-likeness (QED) is 0.630. The first-order valence-electron chi connectivity index (χ1n) is 5.40. The molecular formula is C11H9Cl2FO4S. The Kier molecular flexibility index (Phi) is 4.03. The maximum atomic E-state index is 13.5. The van der Waals surface area contributed by atoms with Gasteiger partial charge < -0.3 is 4.74 Å². The Morgan fingerprint density at radius 2 is 2.05 bits per heavy atom. The molecule has 1 aliphatic rings. The monoisotopic (exact) mass is 326 g/mol. The van der Waals surface area contributed by atoms with Crippen molar-refractivity contribution in [2.45, 2.75) is 17.7 Å². The fourth-order valence-electron chi connectivity index (χ4n) is 1.41. The van der Waals surface area contributed by atoms with Crippen molar-refractivity contribution in [3.8, 4) is 0 Å². The van der Waals surface area contributed by atoms with Crippen molar-refractivity contribution in [2.24, 2.45) is 5.92 Å². The molecule has 0 amide bonds. The fraction of sp³-hybridized carbons (Fsp3) is 0.364. The number of carbonyl (C=O) groups excluding carboxylic acids is 1. The van der Waals surface area contributed by atoms with E-state index in [4.69, 9.17) is 27.0 Å². The highest BCUT2D eigenvalue weighted by molar-refractivity contribution is 8.13. The molecule has 0 radical (unpaired) electrons. The van der Waals surface area contributed by atoms with E-state index in [1.54, 1.807) is 0 Å². The molecule has 0 atom stereocenters. The molecule has 1 saturated carbocycles. The summed E-state index contributed by atoms with van der Waals surface area (Å²) in [5.74, 6) is -1.58. The molecule has 0 aliphatic heterocycles. The van der Waals surface area contributed by atoms with E-state index in [2.05, 4.69) is 0 Å². The first kappa shape index (κ1) is 14.6. The standard InChI is InChI=1S/C11H9Cl2FO4S/c12-10-8(11(15)18-5-6-1-2-6)3-7(4-9(10)14)19(13,16)17/h3-4,6H,1-2,5H2. The number of ether oxygens (including phenoxy) is 1. The molecule has 1 aromatic carbocycles. The lowest BCUT2D eigenvalue weighted by atomic mass is 10.2. The summed E-state index contributed by atoms with van der Waals surface area (Å²) < 4.78 is 40.7. The summed E-state index contributed by atoms with van der Waals surface area (Å²) in [6.45, 7) is 0.217. The summed E-state index contributed by atoms with van der Waals surface area (Å²) in [5.41, 5.74) is -0.346. The number of hydrogen-bond donors (Lipinski definition) is 0. The first-order chi connectivity index (χ1) is 8.79. The van der Waals surface area contributed by atoms with Crippen molar-refractivity contribution in [3.05, 3.63) is 28.5 Å². The van der Waals surface area contributed by atoms with E-state index in [-0.39, 0.29) is 12.2 Å². The van der Waals surface area contributed by atoms with Crippen LogP contribution in [0.25, 0.3) is 0 Å². The van der Waals surface area contributed by atoms with Gasteiger partial charge in [0.25, 0.3) is 9.05 Å². The molecule has 19 heavy (non-hydrogen) atoms. The van der Waals surface area contributed by atoms with E-state index in [9.17, 15) is 17.6 Å². The van der Waals surface area contributed by atoms with Crippen LogP contribution >= 0.6 is 22.3 Å². The predicted octanol–water partition coefficient (Wildman–Crippen LogP) is 2.97. The van der Waals surface area contributed by atoms with Crippen molar-refractivity contribution in [1.29, 1.82) is 0 Å². The van der Waals surface area contributed by atoms with Crippen LogP contribution in [0.2, 0.25) is 5.02 Å². The SMILES string of the molecule is O=C(OCC1CC1)c1cc(S(=O)(=O)Cl)cc(F)c1Cl. The molecule has 8 heteroatoms. The summed E-state index contributed by atoms with van der Waals surface area (Å²) in [4.78, 5) is 11.2. The van der Waals surface area contributed by atoms with Gasteiger partial charge in [-0.1, -0.05) is 11.6 Å². The molecule has 0 unspecified atom stereocenters. The van der Waals surface area contributed by atoms with E-state index in [0.29, 0.717) is 12.0 Å². The van der Waals surface area contributed by atoms with Crippen LogP contribution < -0.4 is 0 Å². The predicted molar refractivity (Wildman–Crippen MR) is 67.5 cm³/mol. The van der Waals surface area contributed by atoms with Gasteiger partial charge in [0.1, 0.15) is 5.82 Å². The van der Waals surface area contributed by atoms with Gasteiger partial charge >= 0.3 is 5.97 Å². The minimum absolute atomic E-state index is 0.217. The summed E-state index contributed by atoms with van der Waals surface area (Å²) in [6.07, 6.45) is 1.96. The third kappa shape index (κ3) is 3.58. The summed E-state index contributed by atoms with van der Waals surface area (Å²) in [6, 6.07) is 1.56. The number of rotatable bonds is 4. The normalized spacial score (nSPS) is 15.3. The van der Waals surface area contributed by atoms with Gasteiger partial charge in [0.15, 0.2) is 0 Å². The number of carbonyl (C=O) groups is 1. The van der Waals surface area contributed by atoms with Crippen LogP contribution in [-0.4, -0.2) is 21.0 Å². The van der Waals surface area contributed by atoms with Gasteiger partial charge in [0, 0.05) is 10.7 Å². The molecule has 0 heterocycles. The third-order valence-electron chi connectivity index (χ3n) is 2.65. The summed E-state index contributed by atoms with van der Waals surface area (Å²) >= 11 is 5.63. The van der Waals surface area contributed by atoms with Crippen molar-refractivity contribution in [2.75, 3.05) is 6.61 Å². The van der Waals surface area contributed by atoms with E-state index in [0.717, 1.165) is 18.9 Å². The Labute approximate surface area is 118 Å². The minimum Gasteiger partial charge on any atom is -0.462 e. The molecule has 2 rings (SSSR count). The molecule has 4 nitrogen and oxygen atoms in total. The molecule has 1 aromatic rings. The molecule has 0 aromatic heterocycles. The second-order valence-corrected chi connectivity index (χ2v) is 7.19. The number of esters is 1. The Balaban J connectivity index is 2.31. The van der Waals surface area contributed by atoms with Crippen LogP contribution in [0.1, 0.15) is 23.2 Å². The van der Waals surface area contributed by atoms with Crippen LogP contribution in [0.4, 0.5) is 4.39 Å². The Morgan fingerprint density at radius 1 is 1.42 bits per heavy atom. The van der Waals surface area contributed by atoms with Crippen LogP contribution in [0.5, 0.6) is 0 Å². The second-order valence-electron chi connectivity index (χ2n) is 4.25. The lowest BCUT2D eigenvalue weighted by Crippen LogP contribution is -2.10. The Morgan fingerprint density at radius 3 is 2.58 bits per heavy atom. The van der Waals surface area contributed by atoms with Gasteiger partial charge in [0.2, 0.25) is 0 Å². The zero-order valence-electron chi connectivity index (χ0n) is 9.53. The maximum Gasteiger partial charge on any atom is 0.339 e. The average molecular weight is 327 g/mol. The number of benzene rings is 1. The van der Waals surface area contributed by atoms with Crippen LogP contribution in [0, 0.1) is 11.7 Å². The highest BCUT2D eigenvalue weighted by atomic mass is 35.7. The van der Waals surface area contributed by atoms with Gasteiger partial charge in [-0.3, -0.25) is 0 Å². The fourth-order valence-corrected chi connectivity index (χ4v) is 2.37. The van der Waals surface area contributed by atoms with E-state index in [1.165, 1.54) is 0 Å². The minimum atomic E-state index is -4.15. The largest absolute Gasteiger partial charge is 0.462 e. The summed E-state index contributed by atoms with van der Waals surface area (Å²) in [7, 11) is 0.956. The third-order valence-corrected chi connectivity index (χ3v) is 4.37. The maximum absolute atomic E-state index is 13.5. The number of halogens is 3. The van der Waals surface area contributed by atoms with E-state index < -0.39 is 30.8 Å². The smallest absolute Gasteiger partial charge is 0.339 e. The Hall–Kier alpha value is -0.850. The van der Waals surface area contributed by atoms with E-state index >= 15 is 0 Å². The topological polar surface area (TPSA) is 60.4 Å². The van der Waals surface area contributed by atoms with Crippen LogP contribution in [0.15, 0.2) is 17.0 Å². The van der Waals surface area contributed by atoms with Crippen molar-refractivity contribution >= 4 is 37.3 Å². The molecule has 0 N–H and O–H groups in total. The average Bonchev–Trinajstić information content (AvgIpc) is 3.11. The zero-order valence-corrected chi connectivity index (χ0v) is 11.9. The van der Waals surface area contributed by atoms with Gasteiger partial charge in [-0.25, -0.2) is 17.6 Å². The van der Waals surface area contributed by atoms with Gasteiger partial charge in [0.05, 0.1) is 22.1 Å². The van der Waals surface area contributed by atoms with Gasteiger partial charge in [-0.2, -0.15) is 0 Å². The molecule has 104 valence electrons. The summed E-state index contributed by atoms with van der Waals surface area (Å²) in [5, 5.41) is -0.482. The Bertz CT molecular complexity index is 626. The molecular weight excluding hydrogens is 318 g/mol. The van der Waals surface area contributed by atoms with Gasteiger partial charge in [-0.05, 0) is 30.9 Å². The highest BCUT2D eigenvalue weighted by Gasteiger charge is 2.26. The molecule has 1 aliphatic carbocycles. The first-order valence-corrected chi connectivity index (χ1v) is 8.08. The molecule has 0 bridgehead atoms. The molecule has 0 saturated heterocycles. The van der Waals surface area contributed by atoms with Gasteiger partial charge in [-0.15, -0.1) is 0 Å². The zero-order chi connectivity index (χ0) is 14.2. The second kappa shape index (κ2) is 5.26. The lowest BCUT2D eigenvalue weighted by Gasteiger charge is -2.07. The van der Waals surface area contributed by atoms with Crippen molar-refractivity contribution in [1.82, 2.24) is 0 Å². The van der Waals surface area contributed by atoms with E-state index in [1.807, 2.05) is 0 Å². The van der Waals surface area contributed by atoms with Crippen molar-refractivity contribution < 1.29 is 22.3 Å². The molecule has 1 fully saturated rings. The lowest BCUT2D eigenvalue weighted by molar-refractivity contribution is 0.0485. The number of hydrogen-bond acceptors (Lipinski definition) is 4. The van der Waals surface area contributed by atoms with Crippen LogP contribution in [-0.2, 0) is 13.8 Å². The highest BCUT2D eigenvalue weighted by Crippen LogP contribution is 2.30. The van der Waals surface area contributed by atoms with Crippen LogP contribution in [0.3, 0.4) is 0 Å².